The molecule has 0 aliphatic heterocycles. The van der Waals surface area contributed by atoms with Crippen LogP contribution in [0.3, 0.4) is 0 Å². The number of aromatic nitrogens is 1. The van der Waals surface area contributed by atoms with E-state index in [0.29, 0.717) is 5.88 Å². The van der Waals surface area contributed by atoms with E-state index in [2.05, 4.69) is 17.3 Å². The number of benzene rings is 1. The minimum absolute atomic E-state index is 0.224. The van der Waals surface area contributed by atoms with Gasteiger partial charge in [0.25, 0.3) is 0 Å². The van der Waals surface area contributed by atoms with Crippen LogP contribution < -0.4 is 5.73 Å². The highest BCUT2D eigenvalue weighted by molar-refractivity contribution is 5.71. The molecule has 1 atom stereocenters. The van der Waals surface area contributed by atoms with Crippen LogP contribution in [0.15, 0.2) is 35.0 Å². The molecule has 4 nitrogen and oxygen atoms in total. The van der Waals surface area contributed by atoms with E-state index >= 15 is 0 Å². The standard InChI is InChI=1S/C13H16N2O2/c1-9(16-2)7-10-3-5-11(6-4-10)12-8-15-17-13(12)14/h3-6,8-9H,7,14H2,1-2H3. The summed E-state index contributed by atoms with van der Waals surface area (Å²) in [6.45, 7) is 2.05. The van der Waals surface area contributed by atoms with Gasteiger partial charge in [-0.15, -0.1) is 0 Å². The third kappa shape index (κ3) is 2.65. The molecular weight excluding hydrogens is 216 g/mol. The minimum Gasteiger partial charge on any atom is -0.381 e. The quantitative estimate of drug-likeness (QED) is 0.879. The predicted molar refractivity (Wildman–Crippen MR) is 66.5 cm³/mol. The van der Waals surface area contributed by atoms with Crippen molar-refractivity contribution < 1.29 is 9.26 Å². The summed E-state index contributed by atoms with van der Waals surface area (Å²) in [5.41, 5.74) is 8.74. The van der Waals surface area contributed by atoms with Gasteiger partial charge in [0.15, 0.2) is 0 Å². The molecule has 90 valence electrons. The Bertz CT molecular complexity index is 476. The molecule has 4 heteroatoms. The third-order valence-electron chi connectivity index (χ3n) is 2.79. The van der Waals surface area contributed by atoms with Gasteiger partial charge < -0.3 is 15.0 Å². The first-order chi connectivity index (χ1) is 8.20. The highest BCUT2D eigenvalue weighted by Gasteiger charge is 2.07. The summed E-state index contributed by atoms with van der Waals surface area (Å²) < 4.78 is 10.1. The molecule has 0 fully saturated rings. The van der Waals surface area contributed by atoms with Crippen molar-refractivity contribution >= 4 is 5.88 Å². The van der Waals surface area contributed by atoms with Gasteiger partial charge in [0.2, 0.25) is 5.88 Å². The zero-order valence-corrected chi connectivity index (χ0v) is 10.0. The number of hydrogen-bond donors (Lipinski definition) is 1. The molecule has 0 aliphatic rings. The summed E-state index contributed by atoms with van der Waals surface area (Å²) in [6.07, 6.45) is 2.75. The van der Waals surface area contributed by atoms with Crippen molar-refractivity contribution in [3.63, 3.8) is 0 Å². The Hall–Kier alpha value is -1.81. The summed E-state index contributed by atoms with van der Waals surface area (Å²) in [5, 5.41) is 3.66. The van der Waals surface area contributed by atoms with E-state index < -0.39 is 0 Å². The zero-order chi connectivity index (χ0) is 12.3. The van der Waals surface area contributed by atoms with Crippen molar-refractivity contribution in [2.75, 3.05) is 12.8 Å². The highest BCUT2D eigenvalue weighted by atomic mass is 16.5. The third-order valence-corrected chi connectivity index (χ3v) is 2.79. The van der Waals surface area contributed by atoms with Gasteiger partial charge in [0.1, 0.15) is 0 Å². The topological polar surface area (TPSA) is 61.3 Å². The van der Waals surface area contributed by atoms with Gasteiger partial charge in [0.05, 0.1) is 17.9 Å². The molecule has 1 aromatic carbocycles. The molecule has 0 spiro atoms. The lowest BCUT2D eigenvalue weighted by Gasteiger charge is -2.09. The molecule has 2 rings (SSSR count). The number of anilines is 1. The lowest BCUT2D eigenvalue weighted by Crippen LogP contribution is -2.08. The van der Waals surface area contributed by atoms with Gasteiger partial charge >= 0.3 is 0 Å². The largest absolute Gasteiger partial charge is 0.381 e. The molecule has 0 saturated carbocycles. The summed E-state index contributed by atoms with van der Waals surface area (Å²) in [5.74, 6) is 0.350. The molecule has 0 radical (unpaired) electrons. The predicted octanol–water partition coefficient (Wildman–Crippen LogP) is 2.50. The number of methoxy groups -OCH3 is 1. The second kappa shape index (κ2) is 5.01. The molecule has 0 bridgehead atoms. The van der Waals surface area contributed by atoms with E-state index in [4.69, 9.17) is 15.0 Å². The van der Waals surface area contributed by atoms with Crippen LogP contribution in [0.2, 0.25) is 0 Å². The number of nitrogens with two attached hydrogens (primary N) is 1. The highest BCUT2D eigenvalue weighted by Crippen LogP contribution is 2.25. The number of nitrogens with zero attached hydrogens (tertiary/aromatic N) is 1. The molecule has 1 aromatic heterocycles. The molecule has 2 N–H and O–H groups in total. The fourth-order valence-corrected chi connectivity index (χ4v) is 1.70. The molecule has 0 aliphatic carbocycles. The second-order valence-electron chi connectivity index (χ2n) is 4.05. The number of hydrogen-bond acceptors (Lipinski definition) is 4. The van der Waals surface area contributed by atoms with Gasteiger partial charge in [0, 0.05) is 7.11 Å². The Morgan fingerprint density at radius 1 is 1.35 bits per heavy atom. The van der Waals surface area contributed by atoms with Crippen LogP contribution in [0.25, 0.3) is 11.1 Å². The Balaban J connectivity index is 2.16. The maximum Gasteiger partial charge on any atom is 0.229 e. The smallest absolute Gasteiger partial charge is 0.229 e. The number of nitrogen functional groups attached to an aromatic ring is 1. The first kappa shape index (κ1) is 11.7. The Kier molecular flexibility index (Phi) is 3.44. The lowest BCUT2D eigenvalue weighted by molar-refractivity contribution is 0.119. The molecule has 1 unspecified atom stereocenters. The Morgan fingerprint density at radius 2 is 2.06 bits per heavy atom. The first-order valence-electron chi connectivity index (χ1n) is 5.53. The Morgan fingerprint density at radius 3 is 2.59 bits per heavy atom. The van der Waals surface area contributed by atoms with Crippen molar-refractivity contribution in [2.24, 2.45) is 0 Å². The van der Waals surface area contributed by atoms with Crippen molar-refractivity contribution in [3.05, 3.63) is 36.0 Å². The maximum absolute atomic E-state index is 5.66. The summed E-state index contributed by atoms with van der Waals surface area (Å²) in [7, 11) is 1.72. The van der Waals surface area contributed by atoms with Gasteiger partial charge in [-0.25, -0.2) is 0 Å². The van der Waals surface area contributed by atoms with Gasteiger partial charge in [-0.1, -0.05) is 29.4 Å². The van der Waals surface area contributed by atoms with Crippen molar-refractivity contribution in [1.29, 1.82) is 0 Å². The average molecular weight is 232 g/mol. The van der Waals surface area contributed by atoms with Crippen LogP contribution in [-0.2, 0) is 11.2 Å². The van der Waals surface area contributed by atoms with Crippen LogP contribution in [0.1, 0.15) is 12.5 Å². The summed E-state index contributed by atoms with van der Waals surface area (Å²) in [6, 6.07) is 8.16. The first-order valence-corrected chi connectivity index (χ1v) is 5.53. The van der Waals surface area contributed by atoms with Crippen LogP contribution in [-0.4, -0.2) is 18.4 Å². The molecule has 17 heavy (non-hydrogen) atoms. The van der Waals surface area contributed by atoms with Crippen molar-refractivity contribution in [2.45, 2.75) is 19.4 Å². The molecular formula is C13H16N2O2. The van der Waals surface area contributed by atoms with Gasteiger partial charge in [-0.2, -0.15) is 0 Å². The van der Waals surface area contributed by atoms with E-state index in [9.17, 15) is 0 Å². The maximum atomic E-state index is 5.66. The summed E-state index contributed by atoms with van der Waals surface area (Å²) >= 11 is 0. The molecule has 0 amide bonds. The van der Waals surface area contributed by atoms with E-state index in [1.165, 1.54) is 5.56 Å². The minimum atomic E-state index is 0.224. The SMILES string of the molecule is COC(C)Cc1ccc(-c2cnoc2N)cc1. The lowest BCUT2D eigenvalue weighted by atomic mass is 10.0. The van der Waals surface area contributed by atoms with Crippen LogP contribution >= 0.6 is 0 Å². The van der Waals surface area contributed by atoms with Crippen molar-refractivity contribution in [1.82, 2.24) is 5.16 Å². The van der Waals surface area contributed by atoms with Crippen LogP contribution in [0.5, 0.6) is 0 Å². The molecule has 1 heterocycles. The van der Waals surface area contributed by atoms with Gasteiger partial charge in [-0.05, 0) is 24.5 Å². The van der Waals surface area contributed by atoms with E-state index in [1.807, 2.05) is 19.1 Å². The second-order valence-corrected chi connectivity index (χ2v) is 4.05. The fourth-order valence-electron chi connectivity index (χ4n) is 1.70. The fraction of sp³-hybridized carbons (Fsp3) is 0.308. The zero-order valence-electron chi connectivity index (χ0n) is 10.0. The van der Waals surface area contributed by atoms with E-state index in [0.717, 1.165) is 17.5 Å². The number of ether oxygens (including phenoxy) is 1. The summed E-state index contributed by atoms with van der Waals surface area (Å²) in [4.78, 5) is 0. The monoisotopic (exact) mass is 232 g/mol. The number of rotatable bonds is 4. The van der Waals surface area contributed by atoms with Crippen LogP contribution in [0, 0.1) is 0 Å². The Labute approximate surface area is 100 Å². The van der Waals surface area contributed by atoms with Crippen LogP contribution in [0.4, 0.5) is 5.88 Å². The molecule has 0 saturated heterocycles. The normalized spacial score (nSPS) is 12.6. The molecule has 2 aromatic rings. The average Bonchev–Trinajstić information content (AvgIpc) is 2.76. The van der Waals surface area contributed by atoms with E-state index in [1.54, 1.807) is 13.3 Å². The van der Waals surface area contributed by atoms with Gasteiger partial charge in [-0.3, -0.25) is 0 Å². The van der Waals surface area contributed by atoms with Crippen molar-refractivity contribution in [3.8, 4) is 11.1 Å². The van der Waals surface area contributed by atoms with E-state index in [-0.39, 0.29) is 6.10 Å².